The summed E-state index contributed by atoms with van der Waals surface area (Å²) in [6, 6.07) is 13.0. The van der Waals surface area contributed by atoms with Crippen LogP contribution in [0.25, 0.3) is 11.0 Å². The summed E-state index contributed by atoms with van der Waals surface area (Å²) in [4.78, 5) is 4.39. The van der Waals surface area contributed by atoms with E-state index in [4.69, 9.17) is 10.00 Å². The molecule has 1 aromatic heterocycles. The predicted molar refractivity (Wildman–Crippen MR) is 91.9 cm³/mol. The van der Waals surface area contributed by atoms with E-state index < -0.39 is 6.10 Å². The van der Waals surface area contributed by atoms with Crippen LogP contribution in [0.4, 0.5) is 0 Å². The quantitative estimate of drug-likeness (QED) is 0.784. The van der Waals surface area contributed by atoms with Crippen molar-refractivity contribution in [1.82, 2.24) is 9.55 Å². The summed E-state index contributed by atoms with van der Waals surface area (Å²) < 4.78 is 7.52. The standard InChI is InChI=1S/C19H19N3O2/c1-13-7-18-19(8-14(13)2)22(12-21-18)10-16(23)11-24-17-5-3-15(9-20)4-6-17/h3-8,12,16,23H,10-11H2,1-2H3. The van der Waals surface area contributed by atoms with Crippen molar-refractivity contribution in [1.29, 1.82) is 5.26 Å². The number of aliphatic hydroxyl groups excluding tert-OH is 1. The van der Waals surface area contributed by atoms with Crippen LogP contribution in [0.2, 0.25) is 0 Å². The molecule has 0 aliphatic carbocycles. The van der Waals surface area contributed by atoms with Gasteiger partial charge >= 0.3 is 0 Å². The van der Waals surface area contributed by atoms with Gasteiger partial charge in [-0.3, -0.25) is 0 Å². The van der Waals surface area contributed by atoms with Crippen molar-refractivity contribution in [2.24, 2.45) is 0 Å². The van der Waals surface area contributed by atoms with Crippen LogP contribution in [-0.4, -0.2) is 27.4 Å². The van der Waals surface area contributed by atoms with Gasteiger partial charge in [-0.1, -0.05) is 0 Å². The lowest BCUT2D eigenvalue weighted by Gasteiger charge is -2.14. The van der Waals surface area contributed by atoms with Crippen molar-refractivity contribution in [3.05, 3.63) is 59.4 Å². The molecule has 0 saturated heterocycles. The molecule has 5 nitrogen and oxygen atoms in total. The smallest absolute Gasteiger partial charge is 0.119 e. The van der Waals surface area contributed by atoms with Crippen molar-refractivity contribution in [3.63, 3.8) is 0 Å². The SMILES string of the molecule is Cc1cc2ncn(CC(O)COc3ccc(C#N)cc3)c2cc1C. The van der Waals surface area contributed by atoms with Crippen molar-refractivity contribution in [2.75, 3.05) is 6.61 Å². The second-order valence-electron chi connectivity index (χ2n) is 5.92. The highest BCUT2D eigenvalue weighted by atomic mass is 16.5. The zero-order valence-electron chi connectivity index (χ0n) is 13.7. The number of imidazole rings is 1. The van der Waals surface area contributed by atoms with Crippen molar-refractivity contribution in [3.8, 4) is 11.8 Å². The van der Waals surface area contributed by atoms with E-state index in [1.807, 2.05) is 4.57 Å². The Morgan fingerprint density at radius 1 is 1.21 bits per heavy atom. The molecule has 0 spiro atoms. The van der Waals surface area contributed by atoms with E-state index in [0.29, 0.717) is 17.9 Å². The van der Waals surface area contributed by atoms with Crippen LogP contribution in [0.3, 0.4) is 0 Å². The molecule has 1 N–H and O–H groups in total. The van der Waals surface area contributed by atoms with Crippen LogP contribution in [0.5, 0.6) is 5.75 Å². The van der Waals surface area contributed by atoms with Crippen molar-refractivity contribution in [2.45, 2.75) is 26.5 Å². The molecule has 3 aromatic rings. The summed E-state index contributed by atoms with van der Waals surface area (Å²) in [6.07, 6.45) is 1.09. The molecule has 1 atom stereocenters. The van der Waals surface area contributed by atoms with Gasteiger partial charge in [-0.25, -0.2) is 4.98 Å². The van der Waals surface area contributed by atoms with Crippen LogP contribution < -0.4 is 4.74 Å². The van der Waals surface area contributed by atoms with Crippen LogP contribution in [0, 0.1) is 25.2 Å². The summed E-state index contributed by atoms with van der Waals surface area (Å²) in [5.41, 5.74) is 4.93. The lowest BCUT2D eigenvalue weighted by molar-refractivity contribution is 0.0934. The van der Waals surface area contributed by atoms with Gasteiger partial charge in [0.15, 0.2) is 0 Å². The topological polar surface area (TPSA) is 71.1 Å². The van der Waals surface area contributed by atoms with Gasteiger partial charge in [-0.05, 0) is 61.4 Å². The van der Waals surface area contributed by atoms with Gasteiger partial charge in [0.05, 0.1) is 35.5 Å². The summed E-state index contributed by atoms with van der Waals surface area (Å²) in [5.74, 6) is 0.634. The molecular formula is C19H19N3O2. The van der Waals surface area contributed by atoms with Crippen molar-refractivity contribution < 1.29 is 9.84 Å². The molecule has 0 radical (unpaired) electrons. The second kappa shape index (κ2) is 6.73. The monoisotopic (exact) mass is 321 g/mol. The number of aliphatic hydroxyl groups is 1. The van der Waals surface area contributed by atoms with Gasteiger partial charge in [-0.15, -0.1) is 0 Å². The van der Waals surface area contributed by atoms with Crippen LogP contribution in [-0.2, 0) is 6.54 Å². The van der Waals surface area contributed by atoms with Gasteiger partial charge in [-0.2, -0.15) is 5.26 Å². The highest BCUT2D eigenvalue weighted by Gasteiger charge is 2.10. The Morgan fingerprint density at radius 3 is 2.62 bits per heavy atom. The summed E-state index contributed by atoms with van der Waals surface area (Å²) in [6.45, 7) is 4.72. The lowest BCUT2D eigenvalue weighted by Crippen LogP contribution is -2.23. The van der Waals surface area contributed by atoms with E-state index in [1.54, 1.807) is 30.6 Å². The maximum atomic E-state index is 10.2. The van der Waals surface area contributed by atoms with Crippen LogP contribution in [0.15, 0.2) is 42.7 Å². The fourth-order valence-corrected chi connectivity index (χ4v) is 2.56. The Balaban J connectivity index is 1.65. The molecule has 0 fully saturated rings. The number of aromatic nitrogens is 2. The van der Waals surface area contributed by atoms with E-state index >= 15 is 0 Å². The molecule has 24 heavy (non-hydrogen) atoms. The first kappa shape index (κ1) is 16.0. The van der Waals surface area contributed by atoms with E-state index in [0.717, 1.165) is 11.0 Å². The maximum absolute atomic E-state index is 10.2. The maximum Gasteiger partial charge on any atom is 0.119 e. The molecule has 5 heteroatoms. The first-order valence-corrected chi connectivity index (χ1v) is 7.80. The zero-order valence-corrected chi connectivity index (χ0v) is 13.7. The molecule has 2 aromatic carbocycles. The molecule has 0 bridgehead atoms. The molecule has 0 aliphatic rings. The molecule has 1 unspecified atom stereocenters. The van der Waals surface area contributed by atoms with Gasteiger partial charge in [0.25, 0.3) is 0 Å². The number of aryl methyl sites for hydroxylation is 2. The number of rotatable bonds is 5. The third-order valence-corrected chi connectivity index (χ3v) is 4.07. The predicted octanol–water partition coefficient (Wildman–Crippen LogP) is 2.96. The minimum Gasteiger partial charge on any atom is -0.491 e. The number of ether oxygens (including phenoxy) is 1. The fourth-order valence-electron chi connectivity index (χ4n) is 2.56. The highest BCUT2D eigenvalue weighted by Crippen LogP contribution is 2.19. The Kier molecular flexibility index (Phi) is 4.50. The number of nitrogens with zero attached hydrogens (tertiary/aromatic N) is 3. The van der Waals surface area contributed by atoms with Crippen molar-refractivity contribution >= 4 is 11.0 Å². The average Bonchev–Trinajstić information content (AvgIpc) is 2.95. The summed E-state index contributed by atoms with van der Waals surface area (Å²) >= 11 is 0. The number of fused-ring (bicyclic) bond motifs is 1. The third kappa shape index (κ3) is 3.39. The minimum atomic E-state index is -0.653. The van der Waals surface area contributed by atoms with Crippen LogP contribution in [0.1, 0.15) is 16.7 Å². The van der Waals surface area contributed by atoms with Gasteiger partial charge in [0.1, 0.15) is 18.5 Å². The Bertz CT molecular complexity index is 891. The third-order valence-electron chi connectivity index (χ3n) is 4.07. The molecule has 1 heterocycles. The first-order chi connectivity index (χ1) is 11.6. The lowest BCUT2D eigenvalue weighted by atomic mass is 10.1. The molecule has 0 amide bonds. The number of hydrogen-bond donors (Lipinski definition) is 1. The summed E-state index contributed by atoms with van der Waals surface area (Å²) in [7, 11) is 0. The van der Waals surface area contributed by atoms with E-state index in [2.05, 4.69) is 37.0 Å². The van der Waals surface area contributed by atoms with E-state index in [-0.39, 0.29) is 6.61 Å². The Hall–Kier alpha value is -2.84. The Morgan fingerprint density at radius 2 is 1.92 bits per heavy atom. The van der Waals surface area contributed by atoms with Gasteiger partial charge in [0, 0.05) is 0 Å². The minimum absolute atomic E-state index is 0.177. The molecule has 0 aliphatic heterocycles. The number of hydrogen-bond acceptors (Lipinski definition) is 4. The first-order valence-electron chi connectivity index (χ1n) is 7.80. The van der Waals surface area contributed by atoms with E-state index in [1.165, 1.54) is 11.1 Å². The second-order valence-corrected chi connectivity index (χ2v) is 5.92. The largest absolute Gasteiger partial charge is 0.491 e. The van der Waals surface area contributed by atoms with Gasteiger partial charge < -0.3 is 14.4 Å². The molecule has 3 rings (SSSR count). The average molecular weight is 321 g/mol. The molecular weight excluding hydrogens is 302 g/mol. The van der Waals surface area contributed by atoms with Crippen LogP contribution >= 0.6 is 0 Å². The molecule has 122 valence electrons. The summed E-state index contributed by atoms with van der Waals surface area (Å²) in [5, 5.41) is 19.0. The van der Waals surface area contributed by atoms with E-state index in [9.17, 15) is 5.11 Å². The Labute approximate surface area is 140 Å². The zero-order chi connectivity index (χ0) is 17.1. The number of benzene rings is 2. The number of nitriles is 1. The molecule has 0 saturated carbocycles. The van der Waals surface area contributed by atoms with Gasteiger partial charge in [0.2, 0.25) is 0 Å². The highest BCUT2D eigenvalue weighted by molar-refractivity contribution is 5.77. The normalized spacial score (nSPS) is 12.1. The fraction of sp³-hybridized carbons (Fsp3) is 0.263.